The second-order valence-electron chi connectivity index (χ2n) is 7.25. The van der Waals surface area contributed by atoms with Crippen molar-refractivity contribution in [2.75, 3.05) is 6.61 Å². The van der Waals surface area contributed by atoms with Gasteiger partial charge in [-0.3, -0.25) is 9.36 Å². The van der Waals surface area contributed by atoms with Crippen LogP contribution in [0.4, 0.5) is 0 Å². The number of ether oxygens (including phenoxy) is 1. The number of amides is 1. The Kier molecular flexibility index (Phi) is 6.09. The molecule has 4 aromatic rings. The first-order valence-corrected chi connectivity index (χ1v) is 10.3. The molecular formula is C25H25N3O2. The zero-order valence-electron chi connectivity index (χ0n) is 16.8. The number of para-hydroxylation sites is 1. The van der Waals surface area contributed by atoms with E-state index in [1.54, 1.807) is 0 Å². The van der Waals surface area contributed by atoms with Gasteiger partial charge < -0.3 is 10.5 Å². The van der Waals surface area contributed by atoms with Gasteiger partial charge in [0.15, 0.2) is 0 Å². The van der Waals surface area contributed by atoms with Crippen molar-refractivity contribution in [3.63, 3.8) is 0 Å². The number of hydrogen-bond acceptors (Lipinski definition) is 3. The first kappa shape index (κ1) is 19.7. The van der Waals surface area contributed by atoms with Crippen molar-refractivity contribution in [3.05, 3.63) is 78.9 Å². The van der Waals surface area contributed by atoms with Crippen LogP contribution < -0.4 is 10.5 Å². The second kappa shape index (κ2) is 9.27. The number of imidazole rings is 1. The maximum atomic E-state index is 10.8. The molecule has 0 aliphatic rings. The van der Waals surface area contributed by atoms with Crippen molar-refractivity contribution in [3.8, 4) is 22.8 Å². The zero-order chi connectivity index (χ0) is 20.8. The van der Waals surface area contributed by atoms with Crippen LogP contribution >= 0.6 is 0 Å². The van der Waals surface area contributed by atoms with Gasteiger partial charge >= 0.3 is 0 Å². The summed E-state index contributed by atoms with van der Waals surface area (Å²) in [6.45, 7) is 0.606. The molecule has 5 nitrogen and oxygen atoms in total. The Morgan fingerprint density at radius 2 is 1.63 bits per heavy atom. The first-order chi connectivity index (χ1) is 14.7. The minimum Gasteiger partial charge on any atom is -0.494 e. The third-order valence-electron chi connectivity index (χ3n) is 5.01. The summed E-state index contributed by atoms with van der Waals surface area (Å²) < 4.78 is 8.14. The van der Waals surface area contributed by atoms with E-state index in [0.29, 0.717) is 13.0 Å². The number of carbonyl (C=O) groups is 1. The SMILES string of the molecule is NC(=O)CCCCCOc1ccc2nc(-c3ccccc3)n(-c3ccccc3)c2c1. The summed E-state index contributed by atoms with van der Waals surface area (Å²) in [5.74, 6) is 1.47. The van der Waals surface area contributed by atoms with Crippen LogP contribution in [0.25, 0.3) is 28.1 Å². The van der Waals surface area contributed by atoms with E-state index in [-0.39, 0.29) is 5.91 Å². The van der Waals surface area contributed by atoms with Gasteiger partial charge in [-0.1, -0.05) is 48.5 Å². The lowest BCUT2D eigenvalue weighted by atomic mass is 10.2. The van der Waals surface area contributed by atoms with Crippen molar-refractivity contribution >= 4 is 16.9 Å². The van der Waals surface area contributed by atoms with Crippen molar-refractivity contribution in [2.45, 2.75) is 25.7 Å². The van der Waals surface area contributed by atoms with E-state index in [1.165, 1.54) is 0 Å². The molecule has 3 aromatic carbocycles. The molecule has 0 aliphatic carbocycles. The number of nitrogens with two attached hydrogens (primary N) is 1. The highest BCUT2D eigenvalue weighted by Gasteiger charge is 2.15. The van der Waals surface area contributed by atoms with Gasteiger partial charge in [-0.25, -0.2) is 4.98 Å². The van der Waals surface area contributed by atoms with E-state index in [0.717, 1.165) is 53.1 Å². The van der Waals surface area contributed by atoms with Crippen LogP contribution in [-0.4, -0.2) is 22.1 Å². The van der Waals surface area contributed by atoms with Crippen LogP contribution in [-0.2, 0) is 4.79 Å². The molecule has 0 radical (unpaired) electrons. The fourth-order valence-electron chi connectivity index (χ4n) is 3.53. The molecule has 1 amide bonds. The number of primary amides is 1. The number of fused-ring (bicyclic) bond motifs is 1. The molecule has 0 spiro atoms. The summed E-state index contributed by atoms with van der Waals surface area (Å²) in [5.41, 5.74) is 9.23. The average Bonchev–Trinajstić information content (AvgIpc) is 3.16. The molecule has 0 fully saturated rings. The van der Waals surface area contributed by atoms with E-state index >= 15 is 0 Å². The second-order valence-corrected chi connectivity index (χ2v) is 7.25. The van der Waals surface area contributed by atoms with Gasteiger partial charge in [-0.15, -0.1) is 0 Å². The molecule has 4 rings (SSSR count). The number of unbranched alkanes of at least 4 members (excludes halogenated alkanes) is 2. The van der Waals surface area contributed by atoms with Crippen molar-refractivity contribution in [1.82, 2.24) is 9.55 Å². The maximum absolute atomic E-state index is 10.8. The Hall–Kier alpha value is -3.60. The van der Waals surface area contributed by atoms with Gasteiger partial charge in [-0.2, -0.15) is 0 Å². The van der Waals surface area contributed by atoms with Gasteiger partial charge in [0.2, 0.25) is 5.91 Å². The highest BCUT2D eigenvalue weighted by molar-refractivity contribution is 5.84. The van der Waals surface area contributed by atoms with Crippen molar-refractivity contribution < 1.29 is 9.53 Å². The Morgan fingerprint density at radius 3 is 2.37 bits per heavy atom. The van der Waals surface area contributed by atoms with Gasteiger partial charge in [0, 0.05) is 23.7 Å². The fourth-order valence-corrected chi connectivity index (χ4v) is 3.53. The van der Waals surface area contributed by atoms with E-state index in [1.807, 2.05) is 54.6 Å². The summed E-state index contributed by atoms with van der Waals surface area (Å²) >= 11 is 0. The highest BCUT2D eigenvalue weighted by Crippen LogP contribution is 2.30. The van der Waals surface area contributed by atoms with E-state index in [4.69, 9.17) is 15.5 Å². The number of aromatic nitrogens is 2. The normalized spacial score (nSPS) is 10.9. The number of nitrogens with zero attached hydrogens (tertiary/aromatic N) is 2. The summed E-state index contributed by atoms with van der Waals surface area (Å²) in [5, 5.41) is 0. The minimum absolute atomic E-state index is 0.246. The predicted octanol–water partition coefficient (Wildman–Crippen LogP) is 5.12. The Balaban J connectivity index is 1.62. The first-order valence-electron chi connectivity index (χ1n) is 10.3. The van der Waals surface area contributed by atoms with E-state index < -0.39 is 0 Å². The molecule has 5 heteroatoms. The molecule has 30 heavy (non-hydrogen) atoms. The Bertz CT molecular complexity index is 1120. The lowest BCUT2D eigenvalue weighted by Crippen LogP contribution is -2.09. The van der Waals surface area contributed by atoms with Gasteiger partial charge in [0.25, 0.3) is 0 Å². The predicted molar refractivity (Wildman–Crippen MR) is 120 cm³/mol. The molecule has 0 saturated heterocycles. The molecule has 0 atom stereocenters. The molecular weight excluding hydrogens is 374 g/mol. The Morgan fingerprint density at radius 1 is 0.900 bits per heavy atom. The third kappa shape index (κ3) is 4.51. The Labute approximate surface area is 176 Å². The van der Waals surface area contributed by atoms with Gasteiger partial charge in [0.1, 0.15) is 11.6 Å². The van der Waals surface area contributed by atoms with Gasteiger partial charge in [-0.05, 0) is 43.5 Å². The highest BCUT2D eigenvalue weighted by atomic mass is 16.5. The largest absolute Gasteiger partial charge is 0.494 e. The van der Waals surface area contributed by atoms with Crippen molar-refractivity contribution in [2.24, 2.45) is 5.73 Å². The van der Waals surface area contributed by atoms with Crippen LogP contribution in [0.15, 0.2) is 78.9 Å². The summed E-state index contributed by atoms with van der Waals surface area (Å²) in [7, 11) is 0. The molecule has 2 N–H and O–H groups in total. The summed E-state index contributed by atoms with van der Waals surface area (Å²) in [6, 6.07) is 26.5. The number of carbonyl (C=O) groups excluding carboxylic acids is 1. The molecule has 1 aromatic heterocycles. The van der Waals surface area contributed by atoms with Crippen LogP contribution in [0.3, 0.4) is 0 Å². The van der Waals surface area contributed by atoms with Crippen LogP contribution in [0, 0.1) is 0 Å². The zero-order valence-corrected chi connectivity index (χ0v) is 16.8. The fraction of sp³-hybridized carbons (Fsp3) is 0.200. The molecule has 0 bridgehead atoms. The topological polar surface area (TPSA) is 70.1 Å². The maximum Gasteiger partial charge on any atom is 0.217 e. The monoisotopic (exact) mass is 399 g/mol. The average molecular weight is 399 g/mol. The lowest BCUT2D eigenvalue weighted by Gasteiger charge is -2.10. The summed E-state index contributed by atoms with van der Waals surface area (Å²) in [6.07, 6.45) is 3.05. The van der Waals surface area contributed by atoms with Crippen molar-refractivity contribution in [1.29, 1.82) is 0 Å². The quantitative estimate of drug-likeness (QED) is 0.397. The summed E-state index contributed by atoms with van der Waals surface area (Å²) in [4.78, 5) is 15.7. The van der Waals surface area contributed by atoms with Crippen LogP contribution in [0.5, 0.6) is 5.75 Å². The smallest absolute Gasteiger partial charge is 0.217 e. The van der Waals surface area contributed by atoms with E-state index in [2.05, 4.69) is 28.8 Å². The molecule has 1 heterocycles. The molecule has 0 saturated carbocycles. The molecule has 152 valence electrons. The lowest BCUT2D eigenvalue weighted by molar-refractivity contribution is -0.118. The van der Waals surface area contributed by atoms with E-state index in [9.17, 15) is 4.79 Å². The van der Waals surface area contributed by atoms with Crippen LogP contribution in [0.2, 0.25) is 0 Å². The van der Waals surface area contributed by atoms with Crippen LogP contribution in [0.1, 0.15) is 25.7 Å². The number of rotatable bonds is 9. The third-order valence-corrected chi connectivity index (χ3v) is 5.01. The number of hydrogen-bond donors (Lipinski definition) is 1. The standard InChI is InChI=1S/C25H25N3O2/c26-24(29)14-8-3-9-17-30-21-15-16-22-23(18-21)28(20-12-6-2-7-13-20)25(27-22)19-10-4-1-5-11-19/h1-2,4-7,10-13,15-16,18H,3,8-9,14,17H2,(H2,26,29). The minimum atomic E-state index is -0.246. The van der Waals surface area contributed by atoms with Gasteiger partial charge in [0.05, 0.1) is 17.6 Å². The molecule has 0 aliphatic heterocycles. The number of benzene rings is 3. The molecule has 0 unspecified atom stereocenters.